The molecule has 0 radical (unpaired) electrons. The van der Waals surface area contributed by atoms with Crippen molar-refractivity contribution in [1.29, 1.82) is 0 Å². The van der Waals surface area contributed by atoms with Crippen molar-refractivity contribution in [2.45, 2.75) is 45.1 Å². The molecule has 36 heavy (non-hydrogen) atoms. The third kappa shape index (κ3) is 4.58. The number of carbonyl (C=O) groups is 1. The first-order valence-electron chi connectivity index (χ1n) is 11.6. The Morgan fingerprint density at radius 3 is 2.39 bits per heavy atom. The van der Waals surface area contributed by atoms with Gasteiger partial charge in [0, 0.05) is 12.5 Å². The van der Waals surface area contributed by atoms with E-state index in [4.69, 9.17) is 0 Å². The van der Waals surface area contributed by atoms with Crippen molar-refractivity contribution < 1.29 is 18.0 Å². The smallest absolute Gasteiger partial charge is 0.363 e. The number of halogens is 3. The van der Waals surface area contributed by atoms with Crippen LogP contribution in [0.5, 0.6) is 0 Å². The molecule has 0 saturated carbocycles. The topological polar surface area (TPSA) is 76.8 Å². The van der Waals surface area contributed by atoms with Crippen molar-refractivity contribution >= 4 is 17.4 Å². The molecule has 1 amide bonds. The van der Waals surface area contributed by atoms with Gasteiger partial charge in [-0.2, -0.15) is 23.4 Å². The highest BCUT2D eigenvalue weighted by Crippen LogP contribution is 2.43. The van der Waals surface area contributed by atoms with E-state index < -0.39 is 24.2 Å². The maximum atomic E-state index is 14.0. The highest BCUT2D eigenvalue weighted by atomic mass is 19.4. The van der Waals surface area contributed by atoms with Gasteiger partial charge >= 0.3 is 6.18 Å². The summed E-state index contributed by atoms with van der Waals surface area (Å²) in [5, 5.41) is 14.5. The first-order chi connectivity index (χ1) is 17.2. The Morgan fingerprint density at radius 1 is 1.06 bits per heavy atom. The molecule has 2 aromatic heterocycles. The number of carbonyl (C=O) groups excluding carboxylic acids is 1. The zero-order valence-corrected chi connectivity index (χ0v) is 19.8. The summed E-state index contributed by atoms with van der Waals surface area (Å²) in [4.78, 5) is 13.1. The molecule has 0 spiro atoms. The van der Waals surface area contributed by atoms with Crippen LogP contribution >= 0.6 is 0 Å². The van der Waals surface area contributed by atoms with Gasteiger partial charge in [-0.3, -0.25) is 9.48 Å². The quantitative estimate of drug-likeness (QED) is 0.376. The van der Waals surface area contributed by atoms with Crippen LogP contribution in [0.1, 0.15) is 51.5 Å². The van der Waals surface area contributed by atoms with E-state index in [1.165, 1.54) is 6.07 Å². The minimum absolute atomic E-state index is 0.102. The molecule has 0 aliphatic carbocycles. The molecule has 4 aromatic rings. The summed E-state index contributed by atoms with van der Waals surface area (Å²) in [6.45, 7) is 4.14. The molecule has 2 atom stereocenters. The van der Waals surface area contributed by atoms with E-state index in [1.807, 2.05) is 43.3 Å². The van der Waals surface area contributed by atoms with Crippen LogP contribution in [-0.4, -0.2) is 31.6 Å². The Labute approximate surface area is 205 Å². The van der Waals surface area contributed by atoms with E-state index in [0.717, 1.165) is 21.5 Å². The average molecular weight is 495 g/mol. The van der Waals surface area contributed by atoms with E-state index in [9.17, 15) is 18.0 Å². The molecule has 5 rings (SSSR count). The molecule has 0 bridgehead atoms. The highest BCUT2D eigenvalue weighted by molar-refractivity contribution is 6.04. The normalized spacial score (nSPS) is 17.4. The van der Waals surface area contributed by atoms with Crippen LogP contribution in [0.15, 0.2) is 66.7 Å². The lowest BCUT2D eigenvalue weighted by Crippen LogP contribution is -2.35. The second-order valence-electron chi connectivity index (χ2n) is 8.90. The van der Waals surface area contributed by atoms with Gasteiger partial charge in [0.05, 0.1) is 29.7 Å². The second-order valence-corrected chi connectivity index (χ2v) is 8.90. The van der Waals surface area contributed by atoms with E-state index in [1.54, 1.807) is 35.9 Å². The van der Waals surface area contributed by atoms with Gasteiger partial charge in [0.1, 0.15) is 5.82 Å². The number of hydrogen-bond donors (Lipinski definition) is 2. The summed E-state index contributed by atoms with van der Waals surface area (Å²) < 4.78 is 44.5. The van der Waals surface area contributed by atoms with Crippen molar-refractivity contribution in [1.82, 2.24) is 19.6 Å². The molecule has 186 valence electrons. The van der Waals surface area contributed by atoms with E-state index in [-0.39, 0.29) is 17.9 Å². The van der Waals surface area contributed by atoms with Gasteiger partial charge < -0.3 is 10.6 Å². The Balaban J connectivity index is 1.40. The molecule has 1 aliphatic heterocycles. The molecule has 7 nitrogen and oxygen atoms in total. The number of amides is 1. The Morgan fingerprint density at radius 2 is 1.72 bits per heavy atom. The molecule has 0 unspecified atom stereocenters. The molecular weight excluding hydrogens is 469 g/mol. The molecule has 0 saturated heterocycles. The zero-order valence-electron chi connectivity index (χ0n) is 19.8. The second kappa shape index (κ2) is 9.18. The number of aryl methyl sites for hydroxylation is 1. The maximum absolute atomic E-state index is 14.0. The Kier molecular flexibility index (Phi) is 6.03. The van der Waals surface area contributed by atoms with E-state index in [2.05, 4.69) is 20.8 Å². The van der Waals surface area contributed by atoms with Crippen molar-refractivity contribution in [3.05, 3.63) is 94.9 Å². The minimum atomic E-state index is -4.52. The third-order valence-corrected chi connectivity index (χ3v) is 6.42. The monoisotopic (exact) mass is 494 g/mol. The van der Waals surface area contributed by atoms with Crippen LogP contribution < -0.4 is 10.6 Å². The highest BCUT2D eigenvalue weighted by Gasteiger charge is 2.46. The fourth-order valence-electron chi connectivity index (χ4n) is 4.55. The van der Waals surface area contributed by atoms with Gasteiger partial charge in [-0.15, -0.1) is 0 Å². The number of anilines is 2. The molecule has 2 aromatic carbocycles. The van der Waals surface area contributed by atoms with Crippen molar-refractivity contribution in [3.63, 3.8) is 0 Å². The van der Waals surface area contributed by atoms with Gasteiger partial charge in [0.15, 0.2) is 11.7 Å². The predicted octanol–water partition coefficient (Wildman–Crippen LogP) is 5.66. The fourth-order valence-corrected chi connectivity index (χ4v) is 4.55. The minimum Gasteiger partial charge on any atom is -0.363 e. The van der Waals surface area contributed by atoms with Crippen LogP contribution in [0.25, 0.3) is 0 Å². The van der Waals surface area contributed by atoms with Gasteiger partial charge in [-0.05, 0) is 25.0 Å². The first kappa shape index (κ1) is 23.7. The van der Waals surface area contributed by atoms with Gasteiger partial charge in [0.25, 0.3) is 5.91 Å². The van der Waals surface area contributed by atoms with Crippen LogP contribution in [0.3, 0.4) is 0 Å². The SMILES string of the molecule is Cc1nn(Cc2ccccc2)c(C)c1NC(=O)c1cc2n(n1)[C@@H](C(F)(F)F)C[C@@H](c1ccccc1)N2. The first-order valence-corrected chi connectivity index (χ1v) is 11.6. The zero-order chi connectivity index (χ0) is 25.4. The van der Waals surface area contributed by atoms with Gasteiger partial charge in [-0.25, -0.2) is 4.68 Å². The number of aromatic nitrogens is 4. The summed E-state index contributed by atoms with van der Waals surface area (Å²) in [7, 11) is 0. The largest absolute Gasteiger partial charge is 0.410 e. The van der Waals surface area contributed by atoms with Crippen LogP contribution in [0, 0.1) is 13.8 Å². The van der Waals surface area contributed by atoms with Crippen LogP contribution in [0.2, 0.25) is 0 Å². The number of nitrogens with one attached hydrogen (secondary N) is 2. The van der Waals surface area contributed by atoms with Gasteiger partial charge in [-0.1, -0.05) is 60.7 Å². The number of fused-ring (bicyclic) bond motifs is 1. The average Bonchev–Trinajstić information content (AvgIpc) is 3.40. The van der Waals surface area contributed by atoms with Gasteiger partial charge in [0.2, 0.25) is 0 Å². The third-order valence-electron chi connectivity index (χ3n) is 6.42. The summed E-state index contributed by atoms with van der Waals surface area (Å²) in [6, 6.07) is 17.7. The van der Waals surface area contributed by atoms with Crippen molar-refractivity contribution in [3.8, 4) is 0 Å². The number of benzene rings is 2. The summed E-state index contributed by atoms with van der Waals surface area (Å²) in [5.74, 6) is -0.447. The summed E-state index contributed by atoms with van der Waals surface area (Å²) >= 11 is 0. The fraction of sp³-hybridized carbons (Fsp3) is 0.269. The number of rotatable bonds is 5. The number of hydrogen-bond acceptors (Lipinski definition) is 4. The number of alkyl halides is 3. The van der Waals surface area contributed by atoms with Crippen LogP contribution in [-0.2, 0) is 6.54 Å². The lowest BCUT2D eigenvalue weighted by molar-refractivity contribution is -0.173. The van der Waals surface area contributed by atoms with E-state index >= 15 is 0 Å². The molecule has 2 N–H and O–H groups in total. The predicted molar refractivity (Wildman–Crippen MR) is 130 cm³/mol. The summed E-state index contributed by atoms with van der Waals surface area (Å²) in [5.41, 5.74) is 3.56. The number of nitrogens with zero attached hydrogens (tertiary/aromatic N) is 4. The lowest BCUT2D eigenvalue weighted by atomic mass is 9.97. The Bertz CT molecular complexity index is 1380. The standard InChI is InChI=1S/C26H25F3N6O/c1-16-24(17(2)34(32-16)15-18-9-5-3-6-10-18)31-25(36)21-14-23-30-20(19-11-7-4-8-12-19)13-22(26(27,28)29)35(23)33-21/h3-12,14,20,22,30H,13,15H2,1-2H3,(H,31,36)/t20-,22+/m0/s1. The molecule has 10 heteroatoms. The van der Waals surface area contributed by atoms with Crippen LogP contribution in [0.4, 0.5) is 24.7 Å². The van der Waals surface area contributed by atoms with Crippen molar-refractivity contribution in [2.75, 3.05) is 10.6 Å². The molecular formula is C26H25F3N6O. The van der Waals surface area contributed by atoms with E-state index in [0.29, 0.717) is 17.9 Å². The molecule has 3 heterocycles. The maximum Gasteiger partial charge on any atom is 0.410 e. The lowest BCUT2D eigenvalue weighted by Gasteiger charge is -2.33. The molecule has 1 aliphatic rings. The van der Waals surface area contributed by atoms with Crippen molar-refractivity contribution in [2.24, 2.45) is 0 Å². The molecule has 0 fully saturated rings. The summed E-state index contributed by atoms with van der Waals surface area (Å²) in [6.07, 6.45) is -4.75. The Hall–Kier alpha value is -4.08.